The van der Waals surface area contributed by atoms with E-state index in [0.717, 1.165) is 20.3 Å². The van der Waals surface area contributed by atoms with Crippen LogP contribution in [0.4, 0.5) is 14.5 Å². The molecule has 0 aliphatic carbocycles. The van der Waals surface area contributed by atoms with Crippen LogP contribution in [-0.2, 0) is 4.74 Å². The zero-order valence-corrected chi connectivity index (χ0v) is 8.14. The Morgan fingerprint density at radius 2 is 1.93 bits per heavy atom. The summed E-state index contributed by atoms with van der Waals surface area (Å²) in [6, 6.07) is 0.961. The van der Waals surface area contributed by atoms with Crippen LogP contribution in [0.15, 0.2) is 6.07 Å². The Labute approximate surface area is 84.6 Å². The lowest BCUT2D eigenvalue weighted by Gasteiger charge is -2.09. The first-order valence-electron chi connectivity index (χ1n) is 3.92. The van der Waals surface area contributed by atoms with Gasteiger partial charge in [-0.25, -0.2) is 9.18 Å². The van der Waals surface area contributed by atoms with Crippen molar-refractivity contribution in [3.8, 4) is 5.75 Å². The first kappa shape index (κ1) is 11.2. The number of anilines is 1. The van der Waals surface area contributed by atoms with Crippen LogP contribution in [0, 0.1) is 11.6 Å². The number of ether oxygens (including phenoxy) is 2. The zero-order valence-electron chi connectivity index (χ0n) is 8.14. The number of esters is 1. The van der Waals surface area contributed by atoms with E-state index < -0.39 is 29.0 Å². The van der Waals surface area contributed by atoms with Crippen molar-refractivity contribution < 1.29 is 23.0 Å². The van der Waals surface area contributed by atoms with Crippen LogP contribution in [0.1, 0.15) is 10.4 Å². The standard InChI is InChI=1S/C9H9F2NO3/c1-14-8-4(9(13)15-2)3-5(12)6(10)7(8)11/h3H,12H2,1-2H3. The third kappa shape index (κ3) is 1.83. The second kappa shape index (κ2) is 4.12. The number of benzene rings is 1. The number of hydrogen-bond acceptors (Lipinski definition) is 4. The highest BCUT2D eigenvalue weighted by Crippen LogP contribution is 2.29. The number of nitrogens with two attached hydrogens (primary N) is 1. The lowest BCUT2D eigenvalue weighted by atomic mass is 10.1. The third-order valence-electron chi connectivity index (χ3n) is 1.80. The maximum atomic E-state index is 13.2. The first-order chi connectivity index (χ1) is 7.02. The second-order valence-corrected chi connectivity index (χ2v) is 2.67. The molecular weight excluding hydrogens is 208 g/mol. The second-order valence-electron chi connectivity index (χ2n) is 2.67. The molecule has 0 heterocycles. The number of carbonyl (C=O) groups is 1. The third-order valence-corrected chi connectivity index (χ3v) is 1.80. The van der Waals surface area contributed by atoms with Gasteiger partial charge in [-0.05, 0) is 6.07 Å². The molecule has 15 heavy (non-hydrogen) atoms. The molecule has 82 valence electrons. The molecule has 0 aliphatic heterocycles. The predicted molar refractivity (Wildman–Crippen MR) is 48.7 cm³/mol. The summed E-state index contributed by atoms with van der Waals surface area (Å²) >= 11 is 0. The van der Waals surface area contributed by atoms with Crippen LogP contribution >= 0.6 is 0 Å². The van der Waals surface area contributed by atoms with Crippen LogP contribution in [0.5, 0.6) is 5.75 Å². The number of halogens is 2. The summed E-state index contributed by atoms with van der Waals surface area (Å²) in [4.78, 5) is 11.2. The number of nitrogen functional groups attached to an aromatic ring is 1. The van der Waals surface area contributed by atoms with E-state index in [-0.39, 0.29) is 5.56 Å². The first-order valence-corrected chi connectivity index (χ1v) is 3.92. The largest absolute Gasteiger partial charge is 0.493 e. The predicted octanol–water partition coefficient (Wildman–Crippen LogP) is 1.34. The summed E-state index contributed by atoms with van der Waals surface area (Å²) in [5.41, 5.74) is 4.43. The highest BCUT2D eigenvalue weighted by Gasteiger charge is 2.22. The van der Waals surface area contributed by atoms with Gasteiger partial charge in [0.25, 0.3) is 0 Å². The van der Waals surface area contributed by atoms with Crippen LogP contribution in [-0.4, -0.2) is 20.2 Å². The Bertz CT molecular complexity index is 407. The topological polar surface area (TPSA) is 61.5 Å². The molecule has 2 N–H and O–H groups in total. The molecule has 0 aromatic heterocycles. The minimum atomic E-state index is -1.31. The van der Waals surface area contributed by atoms with E-state index in [9.17, 15) is 13.6 Å². The Kier molecular flexibility index (Phi) is 3.08. The summed E-state index contributed by atoms with van der Waals surface area (Å²) in [5.74, 6) is -3.93. The monoisotopic (exact) mass is 217 g/mol. The minimum absolute atomic E-state index is 0.253. The van der Waals surface area contributed by atoms with Crippen molar-refractivity contribution in [3.05, 3.63) is 23.3 Å². The van der Waals surface area contributed by atoms with Crippen molar-refractivity contribution in [1.82, 2.24) is 0 Å². The molecule has 0 amide bonds. The molecule has 0 saturated heterocycles. The van der Waals surface area contributed by atoms with Crippen LogP contribution < -0.4 is 10.5 Å². The number of rotatable bonds is 2. The van der Waals surface area contributed by atoms with Crippen LogP contribution in [0.25, 0.3) is 0 Å². The van der Waals surface area contributed by atoms with Gasteiger partial charge < -0.3 is 15.2 Å². The van der Waals surface area contributed by atoms with Crippen LogP contribution in [0.3, 0.4) is 0 Å². The quantitative estimate of drug-likeness (QED) is 0.599. The van der Waals surface area contributed by atoms with Gasteiger partial charge in [0.05, 0.1) is 19.9 Å². The Hall–Kier alpha value is -1.85. The lowest BCUT2D eigenvalue weighted by Crippen LogP contribution is -2.09. The number of methoxy groups -OCH3 is 2. The van der Waals surface area contributed by atoms with E-state index in [1.165, 1.54) is 0 Å². The lowest BCUT2D eigenvalue weighted by molar-refractivity contribution is 0.0596. The van der Waals surface area contributed by atoms with Crippen LogP contribution in [0.2, 0.25) is 0 Å². The Morgan fingerprint density at radius 1 is 1.33 bits per heavy atom. The van der Waals surface area contributed by atoms with Crippen molar-refractivity contribution >= 4 is 11.7 Å². The van der Waals surface area contributed by atoms with E-state index in [1.54, 1.807) is 0 Å². The van der Waals surface area contributed by atoms with E-state index in [2.05, 4.69) is 9.47 Å². The summed E-state index contributed by atoms with van der Waals surface area (Å²) < 4.78 is 35.2. The summed E-state index contributed by atoms with van der Waals surface area (Å²) in [7, 11) is 2.22. The van der Waals surface area contributed by atoms with Crippen molar-refractivity contribution in [2.75, 3.05) is 20.0 Å². The van der Waals surface area contributed by atoms with Gasteiger partial charge in [0.15, 0.2) is 11.6 Å². The molecule has 0 saturated carbocycles. The number of carbonyl (C=O) groups excluding carboxylic acids is 1. The molecule has 0 unspecified atom stereocenters. The fraction of sp³-hybridized carbons (Fsp3) is 0.222. The van der Waals surface area contributed by atoms with Crippen molar-refractivity contribution in [2.45, 2.75) is 0 Å². The fourth-order valence-corrected chi connectivity index (χ4v) is 1.09. The molecule has 1 aromatic carbocycles. The molecule has 0 atom stereocenters. The van der Waals surface area contributed by atoms with Gasteiger partial charge >= 0.3 is 5.97 Å². The van der Waals surface area contributed by atoms with E-state index >= 15 is 0 Å². The number of hydrogen-bond donors (Lipinski definition) is 1. The summed E-state index contributed by atoms with van der Waals surface area (Å²) in [6.45, 7) is 0. The molecule has 0 aliphatic rings. The highest BCUT2D eigenvalue weighted by atomic mass is 19.2. The van der Waals surface area contributed by atoms with Crippen molar-refractivity contribution in [3.63, 3.8) is 0 Å². The maximum Gasteiger partial charge on any atom is 0.341 e. The molecular formula is C9H9F2NO3. The van der Waals surface area contributed by atoms with E-state index in [4.69, 9.17) is 5.73 Å². The molecule has 1 rings (SSSR count). The van der Waals surface area contributed by atoms with Gasteiger partial charge in [-0.1, -0.05) is 0 Å². The smallest absolute Gasteiger partial charge is 0.341 e. The van der Waals surface area contributed by atoms with Gasteiger partial charge in [0.2, 0.25) is 5.82 Å². The fourth-order valence-electron chi connectivity index (χ4n) is 1.09. The van der Waals surface area contributed by atoms with Crippen molar-refractivity contribution in [2.24, 2.45) is 0 Å². The molecule has 6 heteroatoms. The van der Waals surface area contributed by atoms with Gasteiger partial charge in [-0.2, -0.15) is 4.39 Å². The van der Waals surface area contributed by atoms with Crippen molar-refractivity contribution in [1.29, 1.82) is 0 Å². The Balaban J connectivity index is 3.45. The average Bonchev–Trinajstić information content (AvgIpc) is 2.24. The maximum absolute atomic E-state index is 13.2. The van der Waals surface area contributed by atoms with Gasteiger partial charge in [0.1, 0.15) is 5.56 Å². The van der Waals surface area contributed by atoms with Gasteiger partial charge in [-0.15, -0.1) is 0 Å². The van der Waals surface area contributed by atoms with Gasteiger partial charge in [-0.3, -0.25) is 0 Å². The molecule has 0 bridgehead atoms. The highest BCUT2D eigenvalue weighted by molar-refractivity contribution is 5.93. The van der Waals surface area contributed by atoms with E-state index in [1.807, 2.05) is 0 Å². The minimum Gasteiger partial charge on any atom is -0.493 e. The zero-order chi connectivity index (χ0) is 11.6. The molecule has 1 aromatic rings. The van der Waals surface area contributed by atoms with E-state index in [0.29, 0.717) is 0 Å². The average molecular weight is 217 g/mol. The molecule has 0 radical (unpaired) electrons. The molecule has 0 fully saturated rings. The normalized spacial score (nSPS) is 9.87. The summed E-state index contributed by atoms with van der Waals surface area (Å²) in [6.07, 6.45) is 0. The SMILES string of the molecule is COC(=O)c1cc(N)c(F)c(F)c1OC. The Morgan fingerprint density at radius 3 is 2.40 bits per heavy atom. The molecule has 4 nitrogen and oxygen atoms in total. The summed E-state index contributed by atoms with van der Waals surface area (Å²) in [5, 5.41) is 0. The van der Waals surface area contributed by atoms with Gasteiger partial charge in [0, 0.05) is 0 Å². The molecule has 0 spiro atoms.